The summed E-state index contributed by atoms with van der Waals surface area (Å²) >= 11 is 0. The molecule has 0 aliphatic carbocycles. The number of hydrogen-bond acceptors (Lipinski definition) is 6. The summed E-state index contributed by atoms with van der Waals surface area (Å²) < 4.78 is 7.68. The van der Waals surface area contributed by atoms with Crippen LogP contribution in [-0.2, 0) is 27.5 Å². The second-order valence-corrected chi connectivity index (χ2v) is 8.99. The van der Waals surface area contributed by atoms with Gasteiger partial charge in [0.05, 0.1) is 12.9 Å². The second kappa shape index (κ2) is 11.2. The zero-order valence-corrected chi connectivity index (χ0v) is 19.9. The Kier molecular flexibility index (Phi) is 7.79. The monoisotopic (exact) mass is 481 g/mol. The van der Waals surface area contributed by atoms with Gasteiger partial charge in [-0.2, -0.15) is 0 Å². The number of piperidine rings is 1. The highest BCUT2D eigenvalue weighted by Crippen LogP contribution is 2.30. The Balaban J connectivity index is 1.12. The van der Waals surface area contributed by atoms with E-state index in [2.05, 4.69) is 15.6 Å². The third kappa shape index (κ3) is 6.06. The molecule has 10 nitrogen and oxygen atoms in total. The standard InChI is InChI=1S/C25H31N5O5/c1-17-13-26-16-29(17)15-23(32)27-10-4-2-3-5-11-35-19-6-7-20-18(12-19)14-30(25(20)34)21-8-9-22(31)28-24(21)33/h6-7,12-13,16,21H,2-5,8-11,14-15H2,1H3,(H,27,32)(H,28,31,33). The summed E-state index contributed by atoms with van der Waals surface area (Å²) in [7, 11) is 0. The van der Waals surface area contributed by atoms with E-state index in [1.807, 2.05) is 17.6 Å². The molecule has 1 saturated heterocycles. The highest BCUT2D eigenvalue weighted by molar-refractivity contribution is 6.05. The lowest BCUT2D eigenvalue weighted by Crippen LogP contribution is -2.52. The highest BCUT2D eigenvalue weighted by Gasteiger charge is 2.39. The number of rotatable bonds is 11. The number of nitrogens with one attached hydrogen (secondary N) is 2. The third-order valence-corrected chi connectivity index (χ3v) is 6.39. The molecule has 1 unspecified atom stereocenters. The predicted octanol–water partition coefficient (Wildman–Crippen LogP) is 1.71. The van der Waals surface area contributed by atoms with Gasteiger partial charge in [-0.3, -0.25) is 24.5 Å². The van der Waals surface area contributed by atoms with Crippen LogP contribution >= 0.6 is 0 Å². The van der Waals surface area contributed by atoms with E-state index in [0.717, 1.165) is 36.9 Å². The fourth-order valence-electron chi connectivity index (χ4n) is 4.40. The number of hydrogen-bond donors (Lipinski definition) is 2. The van der Waals surface area contributed by atoms with Crippen LogP contribution in [0.4, 0.5) is 0 Å². The first kappa shape index (κ1) is 24.4. The average molecular weight is 482 g/mol. The van der Waals surface area contributed by atoms with Crippen molar-refractivity contribution in [2.24, 2.45) is 0 Å². The van der Waals surface area contributed by atoms with Crippen LogP contribution in [0.5, 0.6) is 5.75 Å². The number of imide groups is 1. The molecule has 3 heterocycles. The lowest BCUT2D eigenvalue weighted by molar-refractivity contribution is -0.137. The van der Waals surface area contributed by atoms with Crippen LogP contribution in [0, 0.1) is 6.92 Å². The van der Waals surface area contributed by atoms with Gasteiger partial charge in [-0.25, -0.2) is 4.98 Å². The Morgan fingerprint density at radius 3 is 2.80 bits per heavy atom. The molecule has 2 aromatic rings. The van der Waals surface area contributed by atoms with Crippen LogP contribution in [0.3, 0.4) is 0 Å². The molecule has 10 heteroatoms. The normalized spacial score (nSPS) is 17.3. The largest absolute Gasteiger partial charge is 0.494 e. The molecule has 2 aliphatic heterocycles. The van der Waals surface area contributed by atoms with Gasteiger partial charge in [0, 0.05) is 37.0 Å². The smallest absolute Gasteiger partial charge is 0.255 e. The van der Waals surface area contributed by atoms with E-state index in [0.29, 0.717) is 37.4 Å². The molecule has 0 bridgehead atoms. The molecule has 1 aromatic heterocycles. The molecular formula is C25H31N5O5. The lowest BCUT2D eigenvalue weighted by atomic mass is 10.0. The Hall–Kier alpha value is -3.69. The lowest BCUT2D eigenvalue weighted by Gasteiger charge is -2.29. The van der Waals surface area contributed by atoms with Gasteiger partial charge in [-0.1, -0.05) is 12.8 Å². The highest BCUT2D eigenvalue weighted by atomic mass is 16.5. The Morgan fingerprint density at radius 2 is 2.03 bits per heavy atom. The molecule has 1 fully saturated rings. The number of aryl methyl sites for hydroxylation is 1. The van der Waals surface area contributed by atoms with E-state index in [-0.39, 0.29) is 30.7 Å². The maximum atomic E-state index is 12.7. The summed E-state index contributed by atoms with van der Waals surface area (Å²) in [6.07, 6.45) is 7.75. The average Bonchev–Trinajstić information content (AvgIpc) is 3.37. The summed E-state index contributed by atoms with van der Waals surface area (Å²) in [5, 5.41) is 5.25. The Labute approximate surface area is 204 Å². The minimum atomic E-state index is -0.614. The number of fused-ring (bicyclic) bond motifs is 1. The van der Waals surface area contributed by atoms with Crippen molar-refractivity contribution in [1.29, 1.82) is 0 Å². The minimum absolute atomic E-state index is 0.0132. The Bertz CT molecular complexity index is 1110. The van der Waals surface area contributed by atoms with Crippen LogP contribution in [0.15, 0.2) is 30.7 Å². The number of carbonyl (C=O) groups excluding carboxylic acids is 4. The zero-order chi connectivity index (χ0) is 24.8. The Morgan fingerprint density at radius 1 is 1.20 bits per heavy atom. The predicted molar refractivity (Wildman–Crippen MR) is 126 cm³/mol. The first-order valence-electron chi connectivity index (χ1n) is 12.1. The molecule has 1 atom stereocenters. The molecule has 35 heavy (non-hydrogen) atoms. The van der Waals surface area contributed by atoms with Gasteiger partial charge in [0.1, 0.15) is 18.3 Å². The van der Waals surface area contributed by atoms with Gasteiger partial charge in [0.25, 0.3) is 5.91 Å². The molecule has 4 rings (SSSR count). The summed E-state index contributed by atoms with van der Waals surface area (Å²) in [5.41, 5.74) is 2.37. The number of nitrogens with zero attached hydrogens (tertiary/aromatic N) is 3. The number of ether oxygens (including phenoxy) is 1. The molecule has 0 spiro atoms. The van der Waals surface area contributed by atoms with E-state index >= 15 is 0 Å². The van der Waals surface area contributed by atoms with Crippen molar-refractivity contribution in [3.05, 3.63) is 47.5 Å². The van der Waals surface area contributed by atoms with E-state index in [1.54, 1.807) is 24.7 Å². The quantitative estimate of drug-likeness (QED) is 0.372. The van der Waals surface area contributed by atoms with Crippen molar-refractivity contribution in [3.8, 4) is 5.75 Å². The number of carbonyl (C=O) groups is 4. The SMILES string of the molecule is Cc1cncn1CC(=O)NCCCCCCOc1ccc2c(c1)CN(C1CCC(=O)NC1=O)C2=O. The van der Waals surface area contributed by atoms with Crippen molar-refractivity contribution in [2.45, 2.75) is 64.6 Å². The van der Waals surface area contributed by atoms with Crippen molar-refractivity contribution in [2.75, 3.05) is 13.2 Å². The first-order chi connectivity index (χ1) is 16.9. The fraction of sp³-hybridized carbons (Fsp3) is 0.480. The van der Waals surface area contributed by atoms with E-state index in [9.17, 15) is 19.2 Å². The van der Waals surface area contributed by atoms with Gasteiger partial charge in [0.15, 0.2) is 0 Å². The maximum absolute atomic E-state index is 12.7. The second-order valence-electron chi connectivity index (χ2n) is 8.99. The van der Waals surface area contributed by atoms with Crippen LogP contribution in [0.1, 0.15) is 60.1 Å². The molecule has 2 N–H and O–H groups in total. The summed E-state index contributed by atoms with van der Waals surface area (Å²) in [6.45, 7) is 3.76. The molecule has 1 aromatic carbocycles. The van der Waals surface area contributed by atoms with Gasteiger partial charge < -0.3 is 19.5 Å². The third-order valence-electron chi connectivity index (χ3n) is 6.39. The number of aromatic nitrogens is 2. The molecule has 4 amide bonds. The van der Waals surface area contributed by atoms with Crippen molar-refractivity contribution < 1.29 is 23.9 Å². The summed E-state index contributed by atoms with van der Waals surface area (Å²) in [6, 6.07) is 4.77. The molecule has 0 saturated carbocycles. The van der Waals surface area contributed by atoms with E-state index in [4.69, 9.17) is 4.74 Å². The number of unbranched alkanes of at least 4 members (excludes halogenated alkanes) is 3. The number of benzene rings is 1. The van der Waals surface area contributed by atoms with Crippen LogP contribution in [0.25, 0.3) is 0 Å². The molecular weight excluding hydrogens is 450 g/mol. The van der Waals surface area contributed by atoms with Crippen LogP contribution < -0.4 is 15.4 Å². The molecule has 0 radical (unpaired) electrons. The van der Waals surface area contributed by atoms with Crippen molar-refractivity contribution >= 4 is 23.6 Å². The van der Waals surface area contributed by atoms with Gasteiger partial charge in [-0.15, -0.1) is 0 Å². The molecule has 186 valence electrons. The maximum Gasteiger partial charge on any atom is 0.255 e. The summed E-state index contributed by atoms with van der Waals surface area (Å²) in [5.74, 6) is -0.207. The van der Waals surface area contributed by atoms with Crippen molar-refractivity contribution in [1.82, 2.24) is 25.1 Å². The summed E-state index contributed by atoms with van der Waals surface area (Å²) in [4.78, 5) is 53.8. The van der Waals surface area contributed by atoms with E-state index < -0.39 is 11.9 Å². The van der Waals surface area contributed by atoms with Crippen LogP contribution in [0.2, 0.25) is 0 Å². The van der Waals surface area contributed by atoms with Gasteiger partial charge >= 0.3 is 0 Å². The molecule has 2 aliphatic rings. The fourth-order valence-corrected chi connectivity index (χ4v) is 4.40. The van der Waals surface area contributed by atoms with Gasteiger partial charge in [-0.05, 0) is 49.9 Å². The van der Waals surface area contributed by atoms with Gasteiger partial charge in [0.2, 0.25) is 17.7 Å². The number of amides is 4. The zero-order valence-electron chi connectivity index (χ0n) is 19.9. The van der Waals surface area contributed by atoms with Crippen molar-refractivity contribution in [3.63, 3.8) is 0 Å². The number of imidazole rings is 1. The topological polar surface area (TPSA) is 123 Å². The van der Waals surface area contributed by atoms with E-state index in [1.165, 1.54) is 4.90 Å². The minimum Gasteiger partial charge on any atom is -0.494 e. The first-order valence-corrected chi connectivity index (χ1v) is 12.1. The van der Waals surface area contributed by atoms with Crippen LogP contribution in [-0.4, -0.2) is 57.3 Å².